The number of carbonyl (C=O) groups is 1. The average Bonchev–Trinajstić information content (AvgIpc) is 1.67. The maximum absolute atomic E-state index is 10.6. The van der Waals surface area contributed by atoms with Crippen LogP contribution < -0.4 is 0 Å². The Morgan fingerprint density at radius 1 is 1.75 bits per heavy atom. The van der Waals surface area contributed by atoms with Crippen LogP contribution in [0.5, 0.6) is 0 Å². The van der Waals surface area contributed by atoms with Gasteiger partial charge in [0.05, 0.1) is 0 Å². The molecule has 0 unspecified atom stereocenters. The zero-order valence-electron chi connectivity index (χ0n) is 5.22. The molecule has 3 heteroatoms. The minimum absolute atomic E-state index is 0.0795. The second-order valence-corrected chi connectivity index (χ2v) is 2.27. The molecule has 0 saturated heterocycles. The molecule has 1 amide bonds. The van der Waals surface area contributed by atoms with E-state index in [1.807, 2.05) is 6.92 Å². The van der Waals surface area contributed by atoms with E-state index in [9.17, 15) is 4.79 Å². The van der Waals surface area contributed by atoms with Crippen molar-refractivity contribution in [1.82, 2.24) is 4.31 Å². The van der Waals surface area contributed by atoms with Crippen molar-refractivity contribution in [1.29, 1.82) is 0 Å². The van der Waals surface area contributed by atoms with Crippen molar-refractivity contribution in [2.45, 2.75) is 19.8 Å². The van der Waals surface area contributed by atoms with Gasteiger partial charge in [0.25, 0.3) is 0 Å². The third-order valence-electron chi connectivity index (χ3n) is 0.825. The number of hydrogen-bond donors (Lipinski definition) is 1. The Labute approximate surface area is 55.4 Å². The monoisotopic (exact) mass is 133 g/mol. The highest BCUT2D eigenvalue weighted by Gasteiger charge is 1.99. The lowest BCUT2D eigenvalue weighted by atomic mass is 10.3. The van der Waals surface area contributed by atoms with Crippen LogP contribution in [0.15, 0.2) is 0 Å². The molecule has 0 aliphatic carbocycles. The molecule has 0 N–H and O–H groups in total. The first-order chi connectivity index (χ1) is 3.68. The smallest absolute Gasteiger partial charge is 0.231 e. The van der Waals surface area contributed by atoms with Crippen LogP contribution in [0.2, 0.25) is 0 Å². The SMILES string of the molecule is CCCC(=O)N(C)S. The molecule has 2 nitrogen and oxygen atoms in total. The van der Waals surface area contributed by atoms with E-state index in [0.29, 0.717) is 6.42 Å². The van der Waals surface area contributed by atoms with Crippen LogP contribution in [0.3, 0.4) is 0 Å². The van der Waals surface area contributed by atoms with E-state index in [4.69, 9.17) is 0 Å². The molecule has 0 aliphatic heterocycles. The average molecular weight is 133 g/mol. The van der Waals surface area contributed by atoms with Gasteiger partial charge in [0.1, 0.15) is 0 Å². The number of nitrogens with zero attached hydrogens (tertiary/aromatic N) is 1. The summed E-state index contributed by atoms with van der Waals surface area (Å²) < 4.78 is 1.31. The van der Waals surface area contributed by atoms with Crippen LogP contribution in [-0.4, -0.2) is 17.3 Å². The molecule has 0 spiro atoms. The van der Waals surface area contributed by atoms with Crippen molar-refractivity contribution < 1.29 is 4.79 Å². The van der Waals surface area contributed by atoms with Gasteiger partial charge < -0.3 is 0 Å². The summed E-state index contributed by atoms with van der Waals surface area (Å²) >= 11 is 3.81. The molecule has 0 aromatic rings. The van der Waals surface area contributed by atoms with Gasteiger partial charge >= 0.3 is 0 Å². The minimum atomic E-state index is 0.0795. The van der Waals surface area contributed by atoms with E-state index in [2.05, 4.69) is 12.8 Å². The Hall–Kier alpha value is -0.180. The molecule has 0 aliphatic rings. The van der Waals surface area contributed by atoms with E-state index < -0.39 is 0 Å². The lowest BCUT2D eigenvalue weighted by Crippen LogP contribution is -2.15. The van der Waals surface area contributed by atoms with Crippen LogP contribution in [0.4, 0.5) is 0 Å². The highest BCUT2D eigenvalue weighted by Crippen LogP contribution is 1.95. The second-order valence-electron chi connectivity index (χ2n) is 1.67. The third-order valence-corrected chi connectivity index (χ3v) is 1.05. The quantitative estimate of drug-likeness (QED) is 0.559. The van der Waals surface area contributed by atoms with Gasteiger partial charge in [0.2, 0.25) is 5.91 Å². The number of thiol groups is 1. The lowest BCUT2D eigenvalue weighted by molar-refractivity contribution is -0.125. The maximum Gasteiger partial charge on any atom is 0.231 e. The van der Waals surface area contributed by atoms with E-state index in [1.54, 1.807) is 7.05 Å². The molecule has 0 aromatic carbocycles. The minimum Gasteiger partial charge on any atom is -0.292 e. The zero-order chi connectivity index (χ0) is 6.57. The van der Waals surface area contributed by atoms with Crippen molar-refractivity contribution in [2.24, 2.45) is 0 Å². The van der Waals surface area contributed by atoms with Gasteiger partial charge in [-0.15, -0.1) is 0 Å². The number of amides is 1. The van der Waals surface area contributed by atoms with Crippen LogP contribution in [0.1, 0.15) is 19.8 Å². The van der Waals surface area contributed by atoms with Gasteiger partial charge in [-0.1, -0.05) is 19.7 Å². The number of rotatable bonds is 2. The molecule has 0 atom stereocenters. The van der Waals surface area contributed by atoms with Gasteiger partial charge in [-0.2, -0.15) is 0 Å². The molecule has 0 fully saturated rings. The highest BCUT2D eigenvalue weighted by molar-refractivity contribution is 7.78. The molecule has 48 valence electrons. The molecular weight excluding hydrogens is 122 g/mol. The van der Waals surface area contributed by atoms with Gasteiger partial charge in [-0.3, -0.25) is 9.10 Å². The first-order valence-corrected chi connectivity index (χ1v) is 3.04. The van der Waals surface area contributed by atoms with Crippen LogP contribution in [-0.2, 0) is 4.79 Å². The van der Waals surface area contributed by atoms with E-state index in [-0.39, 0.29) is 5.91 Å². The third kappa shape index (κ3) is 2.91. The zero-order valence-corrected chi connectivity index (χ0v) is 6.11. The largest absolute Gasteiger partial charge is 0.292 e. The predicted octanol–water partition coefficient (Wildman–Crippen LogP) is 1.09. The van der Waals surface area contributed by atoms with Gasteiger partial charge in [0.15, 0.2) is 0 Å². The summed E-state index contributed by atoms with van der Waals surface area (Å²) in [7, 11) is 1.64. The fourth-order valence-corrected chi connectivity index (χ4v) is 0.476. The number of carbonyl (C=O) groups excluding carboxylic acids is 1. The van der Waals surface area contributed by atoms with E-state index >= 15 is 0 Å². The van der Waals surface area contributed by atoms with Crippen molar-refractivity contribution in [3.05, 3.63) is 0 Å². The Kier molecular flexibility index (Phi) is 3.69. The summed E-state index contributed by atoms with van der Waals surface area (Å²) in [6.45, 7) is 1.97. The normalized spacial score (nSPS) is 8.88. The second kappa shape index (κ2) is 3.78. The molecular formula is C5H11NOS. The summed E-state index contributed by atoms with van der Waals surface area (Å²) in [4.78, 5) is 10.6. The maximum atomic E-state index is 10.6. The molecule has 0 rings (SSSR count). The fraction of sp³-hybridized carbons (Fsp3) is 0.800. The topological polar surface area (TPSA) is 20.3 Å². The Bertz CT molecular complexity index is 82.5. The van der Waals surface area contributed by atoms with Crippen molar-refractivity contribution >= 4 is 18.7 Å². The molecule has 0 saturated carbocycles. The van der Waals surface area contributed by atoms with E-state index in [1.165, 1.54) is 4.31 Å². The summed E-state index contributed by atoms with van der Waals surface area (Å²) in [5, 5.41) is 0. The summed E-state index contributed by atoms with van der Waals surface area (Å²) in [5.74, 6) is 0.0795. The van der Waals surface area contributed by atoms with Gasteiger partial charge in [-0.25, -0.2) is 0 Å². The molecule has 0 heterocycles. The van der Waals surface area contributed by atoms with Crippen LogP contribution in [0.25, 0.3) is 0 Å². The Morgan fingerprint density at radius 2 is 2.25 bits per heavy atom. The van der Waals surface area contributed by atoms with Gasteiger partial charge in [-0.05, 0) is 6.42 Å². The standard InChI is InChI=1S/C5H11NOS/c1-3-4-5(7)6(2)8/h8H,3-4H2,1-2H3. The molecule has 0 radical (unpaired) electrons. The van der Waals surface area contributed by atoms with Crippen molar-refractivity contribution in [3.8, 4) is 0 Å². The predicted molar refractivity (Wildman–Crippen MR) is 36.7 cm³/mol. The van der Waals surface area contributed by atoms with Crippen molar-refractivity contribution in [2.75, 3.05) is 7.05 Å². The molecule has 0 aromatic heterocycles. The first kappa shape index (κ1) is 7.82. The summed E-state index contributed by atoms with van der Waals surface area (Å²) in [6.07, 6.45) is 1.49. The van der Waals surface area contributed by atoms with Crippen LogP contribution >= 0.6 is 12.8 Å². The fourth-order valence-electron chi connectivity index (χ4n) is 0.376. The van der Waals surface area contributed by atoms with Gasteiger partial charge in [0, 0.05) is 13.5 Å². The number of hydrogen-bond acceptors (Lipinski definition) is 2. The van der Waals surface area contributed by atoms with Crippen LogP contribution in [0, 0.1) is 0 Å². The molecule has 8 heavy (non-hydrogen) atoms. The first-order valence-electron chi connectivity index (χ1n) is 2.64. The van der Waals surface area contributed by atoms with Crippen molar-refractivity contribution in [3.63, 3.8) is 0 Å². The highest BCUT2D eigenvalue weighted by atomic mass is 32.1. The Morgan fingerprint density at radius 3 is 2.38 bits per heavy atom. The lowest BCUT2D eigenvalue weighted by Gasteiger charge is -2.05. The molecule has 0 bridgehead atoms. The summed E-state index contributed by atoms with van der Waals surface area (Å²) in [6, 6.07) is 0. The summed E-state index contributed by atoms with van der Waals surface area (Å²) in [5.41, 5.74) is 0. The van der Waals surface area contributed by atoms with E-state index in [0.717, 1.165) is 6.42 Å². The Balaban J connectivity index is 3.33.